The molecule has 3 nitrogen and oxygen atoms in total. The molecule has 5 heteroatoms. The lowest BCUT2D eigenvalue weighted by atomic mass is 10.2. The van der Waals surface area contributed by atoms with Crippen molar-refractivity contribution in [1.82, 2.24) is 5.43 Å². The highest BCUT2D eigenvalue weighted by Gasteiger charge is 2.01. The normalized spacial score (nSPS) is 10.8. The minimum Gasteiger partial charge on any atom is -0.272 e. The summed E-state index contributed by atoms with van der Waals surface area (Å²) in [5.74, 6) is 1.09. The average Bonchev–Trinajstić information content (AvgIpc) is 2.47. The zero-order valence-electron chi connectivity index (χ0n) is 12.3. The molecular formula is C17H17BrN2OS. The number of rotatable bonds is 6. The first kappa shape index (κ1) is 16.8. The summed E-state index contributed by atoms with van der Waals surface area (Å²) in [6, 6.07) is 16.0. The van der Waals surface area contributed by atoms with E-state index < -0.39 is 0 Å². The summed E-state index contributed by atoms with van der Waals surface area (Å²) in [5, 5.41) is 3.98. The predicted molar refractivity (Wildman–Crippen MR) is 97.2 cm³/mol. The maximum atomic E-state index is 11.7. The van der Waals surface area contributed by atoms with E-state index >= 15 is 0 Å². The highest BCUT2D eigenvalue weighted by molar-refractivity contribution is 9.10. The van der Waals surface area contributed by atoms with Gasteiger partial charge in [-0.15, -0.1) is 11.8 Å². The van der Waals surface area contributed by atoms with Gasteiger partial charge in [0.2, 0.25) is 5.91 Å². The first-order valence-corrected chi connectivity index (χ1v) is 8.79. The number of carbonyl (C=O) groups is 1. The predicted octanol–water partition coefficient (Wildman–Crippen LogP) is 4.14. The Balaban J connectivity index is 1.72. The molecule has 0 aliphatic carbocycles. The molecule has 22 heavy (non-hydrogen) atoms. The van der Waals surface area contributed by atoms with Crippen molar-refractivity contribution in [3.05, 3.63) is 69.7 Å². The van der Waals surface area contributed by atoms with E-state index in [4.69, 9.17) is 0 Å². The summed E-state index contributed by atoms with van der Waals surface area (Å²) < 4.78 is 1.05. The molecule has 0 aliphatic heterocycles. The van der Waals surface area contributed by atoms with Crippen LogP contribution in [0, 0.1) is 6.92 Å². The number of thioether (sulfide) groups is 1. The molecule has 0 aliphatic rings. The molecule has 0 unspecified atom stereocenters. The number of hydrazone groups is 1. The standard InChI is InChI=1S/C17H17BrN2OS/c1-13-4-2-5-14(8-13)10-19-20-17(21)12-22-11-15-6-3-7-16(18)9-15/h2-10H,11-12H2,1H3,(H,20,21)/b19-10-. The molecule has 0 saturated heterocycles. The second-order valence-electron chi connectivity index (χ2n) is 4.83. The second-order valence-corrected chi connectivity index (χ2v) is 6.73. The lowest BCUT2D eigenvalue weighted by molar-refractivity contribution is -0.118. The Morgan fingerprint density at radius 3 is 2.86 bits per heavy atom. The van der Waals surface area contributed by atoms with Crippen LogP contribution in [0.15, 0.2) is 58.1 Å². The molecule has 0 aromatic heterocycles. The second kappa shape index (κ2) is 8.76. The lowest BCUT2D eigenvalue weighted by Crippen LogP contribution is -2.19. The third kappa shape index (κ3) is 6.03. The van der Waals surface area contributed by atoms with Gasteiger partial charge >= 0.3 is 0 Å². The van der Waals surface area contributed by atoms with Gasteiger partial charge in [-0.3, -0.25) is 4.79 Å². The van der Waals surface area contributed by atoms with Crippen LogP contribution >= 0.6 is 27.7 Å². The Morgan fingerprint density at radius 1 is 1.27 bits per heavy atom. The fraction of sp³-hybridized carbons (Fsp3) is 0.176. The van der Waals surface area contributed by atoms with Crippen molar-refractivity contribution < 1.29 is 4.79 Å². The lowest BCUT2D eigenvalue weighted by Gasteiger charge is -2.02. The van der Waals surface area contributed by atoms with Gasteiger partial charge in [0, 0.05) is 10.2 Å². The van der Waals surface area contributed by atoms with E-state index in [2.05, 4.69) is 32.5 Å². The molecule has 0 radical (unpaired) electrons. The molecule has 0 fully saturated rings. The molecule has 0 spiro atoms. The topological polar surface area (TPSA) is 41.5 Å². The van der Waals surface area contributed by atoms with Crippen molar-refractivity contribution in [3.63, 3.8) is 0 Å². The number of amides is 1. The van der Waals surface area contributed by atoms with Crippen molar-refractivity contribution in [2.45, 2.75) is 12.7 Å². The van der Waals surface area contributed by atoms with E-state index in [1.807, 2.05) is 49.4 Å². The van der Waals surface area contributed by atoms with Crippen LogP contribution in [0.4, 0.5) is 0 Å². The number of hydrogen-bond acceptors (Lipinski definition) is 3. The van der Waals surface area contributed by atoms with Crippen LogP contribution in [0.5, 0.6) is 0 Å². The molecular weight excluding hydrogens is 360 g/mol. The Bertz CT molecular complexity index is 673. The molecule has 2 aromatic rings. The number of carbonyl (C=O) groups excluding carboxylic acids is 1. The van der Waals surface area contributed by atoms with Gasteiger partial charge in [-0.1, -0.05) is 57.9 Å². The minimum atomic E-state index is -0.0936. The van der Waals surface area contributed by atoms with Gasteiger partial charge in [0.15, 0.2) is 0 Å². The Morgan fingerprint density at radius 2 is 2.09 bits per heavy atom. The van der Waals surface area contributed by atoms with Crippen LogP contribution in [0.1, 0.15) is 16.7 Å². The number of halogens is 1. The Labute approximate surface area is 143 Å². The van der Waals surface area contributed by atoms with Crippen molar-refractivity contribution >= 4 is 39.8 Å². The van der Waals surface area contributed by atoms with Crippen molar-refractivity contribution in [1.29, 1.82) is 0 Å². The fourth-order valence-electron chi connectivity index (χ4n) is 1.85. The van der Waals surface area contributed by atoms with Gasteiger partial charge in [0.1, 0.15) is 0 Å². The first-order chi connectivity index (χ1) is 10.6. The molecule has 0 heterocycles. The molecule has 114 valence electrons. The molecule has 0 bridgehead atoms. The number of aryl methyl sites for hydroxylation is 1. The monoisotopic (exact) mass is 376 g/mol. The molecule has 2 aromatic carbocycles. The van der Waals surface area contributed by atoms with E-state index in [1.165, 1.54) is 11.1 Å². The largest absolute Gasteiger partial charge is 0.272 e. The highest BCUT2D eigenvalue weighted by Crippen LogP contribution is 2.16. The van der Waals surface area contributed by atoms with Crippen LogP contribution in [0.2, 0.25) is 0 Å². The Hall–Kier alpha value is -1.59. The van der Waals surface area contributed by atoms with Crippen LogP contribution in [0.25, 0.3) is 0 Å². The van der Waals surface area contributed by atoms with Gasteiger partial charge in [-0.25, -0.2) is 5.43 Å². The molecule has 0 atom stereocenters. The summed E-state index contributed by atoms with van der Waals surface area (Å²) in [6.45, 7) is 2.02. The van der Waals surface area contributed by atoms with E-state index in [0.29, 0.717) is 5.75 Å². The summed E-state index contributed by atoms with van der Waals surface area (Å²) in [6.07, 6.45) is 1.66. The average molecular weight is 377 g/mol. The zero-order valence-corrected chi connectivity index (χ0v) is 14.7. The van der Waals surface area contributed by atoms with Crippen LogP contribution < -0.4 is 5.43 Å². The maximum Gasteiger partial charge on any atom is 0.250 e. The van der Waals surface area contributed by atoms with Gasteiger partial charge in [0.05, 0.1) is 12.0 Å². The van der Waals surface area contributed by atoms with Crippen molar-refractivity contribution in [2.24, 2.45) is 5.10 Å². The third-order valence-electron chi connectivity index (χ3n) is 2.84. The van der Waals surface area contributed by atoms with Crippen LogP contribution in [0.3, 0.4) is 0 Å². The van der Waals surface area contributed by atoms with Gasteiger partial charge in [-0.2, -0.15) is 5.10 Å². The molecule has 1 amide bonds. The summed E-state index contributed by atoms with van der Waals surface area (Å²) in [4.78, 5) is 11.7. The quantitative estimate of drug-likeness (QED) is 0.607. The number of benzene rings is 2. The summed E-state index contributed by atoms with van der Waals surface area (Å²) >= 11 is 5.00. The number of nitrogens with one attached hydrogen (secondary N) is 1. The zero-order chi connectivity index (χ0) is 15.8. The fourth-order valence-corrected chi connectivity index (χ4v) is 3.06. The van der Waals surface area contributed by atoms with Gasteiger partial charge < -0.3 is 0 Å². The highest BCUT2D eigenvalue weighted by atomic mass is 79.9. The number of hydrogen-bond donors (Lipinski definition) is 1. The molecule has 1 N–H and O–H groups in total. The summed E-state index contributed by atoms with van der Waals surface area (Å²) in [5.41, 5.74) is 5.88. The smallest absolute Gasteiger partial charge is 0.250 e. The van der Waals surface area contributed by atoms with E-state index in [-0.39, 0.29) is 5.91 Å². The van der Waals surface area contributed by atoms with Crippen molar-refractivity contribution in [2.75, 3.05) is 5.75 Å². The van der Waals surface area contributed by atoms with E-state index in [0.717, 1.165) is 15.8 Å². The van der Waals surface area contributed by atoms with E-state index in [9.17, 15) is 4.79 Å². The SMILES string of the molecule is Cc1cccc(/C=N\NC(=O)CSCc2cccc(Br)c2)c1. The number of nitrogens with zero attached hydrogens (tertiary/aromatic N) is 1. The summed E-state index contributed by atoms with van der Waals surface area (Å²) in [7, 11) is 0. The van der Waals surface area contributed by atoms with Gasteiger partial charge in [0.25, 0.3) is 0 Å². The van der Waals surface area contributed by atoms with Crippen LogP contribution in [-0.4, -0.2) is 17.9 Å². The van der Waals surface area contributed by atoms with Gasteiger partial charge in [-0.05, 0) is 30.2 Å². The molecule has 0 saturated carbocycles. The molecule has 2 rings (SSSR count). The minimum absolute atomic E-state index is 0.0936. The maximum absolute atomic E-state index is 11.7. The van der Waals surface area contributed by atoms with Crippen molar-refractivity contribution in [3.8, 4) is 0 Å². The first-order valence-electron chi connectivity index (χ1n) is 6.84. The van der Waals surface area contributed by atoms with Crippen LogP contribution in [-0.2, 0) is 10.5 Å². The Kier molecular flexibility index (Phi) is 6.68. The van der Waals surface area contributed by atoms with E-state index in [1.54, 1.807) is 18.0 Å². The third-order valence-corrected chi connectivity index (χ3v) is 4.33.